The van der Waals surface area contributed by atoms with Gasteiger partial charge in [0.15, 0.2) is 0 Å². The zero-order valence-electron chi connectivity index (χ0n) is 17.3. The predicted molar refractivity (Wildman–Crippen MR) is 119 cm³/mol. The van der Waals surface area contributed by atoms with Crippen LogP contribution in [0.3, 0.4) is 0 Å². The Kier molecular flexibility index (Phi) is 6.38. The van der Waals surface area contributed by atoms with Crippen molar-refractivity contribution in [3.05, 3.63) is 57.7 Å². The molecule has 0 spiro atoms. The zero-order valence-corrected chi connectivity index (χ0v) is 18.9. The van der Waals surface area contributed by atoms with E-state index in [0.29, 0.717) is 32.8 Å². The summed E-state index contributed by atoms with van der Waals surface area (Å²) in [6.45, 7) is 3.60. The third-order valence-corrected chi connectivity index (χ3v) is 6.95. The van der Waals surface area contributed by atoms with Crippen molar-refractivity contribution in [3.8, 4) is 0 Å². The highest BCUT2D eigenvalue weighted by atomic mass is 32.2. The highest BCUT2D eigenvalue weighted by Crippen LogP contribution is 2.33. The first-order valence-corrected chi connectivity index (χ1v) is 12.1. The molecule has 1 amide bonds. The van der Waals surface area contributed by atoms with Crippen LogP contribution in [-0.2, 0) is 27.5 Å². The molecule has 1 aromatic heterocycles. The molecule has 1 N–H and O–H groups in total. The van der Waals surface area contributed by atoms with Gasteiger partial charge in [0.25, 0.3) is 0 Å². The van der Waals surface area contributed by atoms with Gasteiger partial charge < -0.3 is 5.32 Å². The fourth-order valence-electron chi connectivity index (χ4n) is 3.32. The fourth-order valence-corrected chi connectivity index (χ4v) is 5.48. The molecule has 3 aromatic rings. The first-order valence-electron chi connectivity index (χ1n) is 9.44. The van der Waals surface area contributed by atoms with E-state index in [9.17, 15) is 31.2 Å². The summed E-state index contributed by atoms with van der Waals surface area (Å²) in [5.74, 6) is -0.741. The van der Waals surface area contributed by atoms with Gasteiger partial charge in [-0.05, 0) is 50.2 Å². The number of sulfonamides is 1. The number of hydrogen-bond acceptors (Lipinski definition) is 5. The zero-order chi connectivity index (χ0) is 23.8. The number of aryl methyl sites for hydroxylation is 1. The molecule has 0 fully saturated rings. The van der Waals surface area contributed by atoms with Crippen molar-refractivity contribution in [2.75, 3.05) is 15.9 Å². The molecule has 12 heteroatoms. The van der Waals surface area contributed by atoms with E-state index in [0.717, 1.165) is 29.7 Å². The molecule has 32 heavy (non-hydrogen) atoms. The third-order valence-electron chi connectivity index (χ3n) is 4.77. The lowest BCUT2D eigenvalue weighted by Crippen LogP contribution is -2.45. The Bertz CT molecular complexity index is 1330. The number of aromatic nitrogens is 1. The van der Waals surface area contributed by atoms with Gasteiger partial charge in [-0.3, -0.25) is 18.5 Å². The molecular formula is C20H20F3N3O4S2. The fraction of sp³-hybridized carbons (Fsp3) is 0.300. The lowest BCUT2D eigenvalue weighted by Gasteiger charge is -2.28. The Morgan fingerprint density at radius 2 is 1.91 bits per heavy atom. The number of nitrogens with zero attached hydrogens (tertiary/aromatic N) is 2. The second-order valence-corrected chi connectivity index (χ2v) is 9.92. The predicted octanol–water partition coefficient (Wildman–Crippen LogP) is 3.89. The lowest BCUT2D eigenvalue weighted by atomic mass is 10.1. The first kappa shape index (κ1) is 23.8. The van der Waals surface area contributed by atoms with E-state index in [1.165, 1.54) is 13.0 Å². The third kappa shape index (κ3) is 4.80. The first-order chi connectivity index (χ1) is 14.8. The number of hydrogen-bond donors (Lipinski definition) is 1. The SMILES string of the molecule is CCn1c(=O)sc2cc(NC(=O)[C@H](C)N(c3cccc(C(F)(F)F)c3)S(C)(=O)=O)ccc21. The van der Waals surface area contributed by atoms with Gasteiger partial charge in [-0.15, -0.1) is 0 Å². The molecule has 7 nitrogen and oxygen atoms in total. The molecule has 0 radical (unpaired) electrons. The number of fused-ring (bicyclic) bond motifs is 1. The Hall–Kier alpha value is -2.86. The van der Waals surface area contributed by atoms with Crippen LogP contribution in [0.4, 0.5) is 24.5 Å². The molecule has 0 saturated carbocycles. The Morgan fingerprint density at radius 3 is 2.50 bits per heavy atom. The van der Waals surface area contributed by atoms with Crippen LogP contribution in [0.25, 0.3) is 10.2 Å². The number of alkyl halides is 3. The van der Waals surface area contributed by atoms with E-state index < -0.39 is 33.7 Å². The van der Waals surface area contributed by atoms with Gasteiger partial charge in [0.1, 0.15) is 6.04 Å². The summed E-state index contributed by atoms with van der Waals surface area (Å²) in [5, 5.41) is 2.58. The molecule has 0 aliphatic heterocycles. The van der Waals surface area contributed by atoms with Crippen LogP contribution in [0.1, 0.15) is 19.4 Å². The molecule has 1 atom stereocenters. The van der Waals surface area contributed by atoms with Crippen LogP contribution in [0.5, 0.6) is 0 Å². The minimum Gasteiger partial charge on any atom is -0.324 e. The number of benzene rings is 2. The molecule has 172 valence electrons. The molecule has 0 aliphatic carbocycles. The van der Waals surface area contributed by atoms with Crippen molar-refractivity contribution in [2.45, 2.75) is 32.6 Å². The maximum absolute atomic E-state index is 13.1. The minimum atomic E-state index is -4.67. The van der Waals surface area contributed by atoms with Crippen LogP contribution in [0.15, 0.2) is 47.3 Å². The number of carbonyl (C=O) groups excluding carboxylic acids is 1. The van der Waals surface area contributed by atoms with Crippen LogP contribution >= 0.6 is 11.3 Å². The van der Waals surface area contributed by atoms with E-state index in [1.807, 2.05) is 6.92 Å². The smallest absolute Gasteiger partial charge is 0.324 e. The monoisotopic (exact) mass is 487 g/mol. The Balaban J connectivity index is 1.92. The normalized spacial score (nSPS) is 13.2. The average molecular weight is 488 g/mol. The van der Waals surface area contributed by atoms with Gasteiger partial charge in [0, 0.05) is 12.2 Å². The summed E-state index contributed by atoms with van der Waals surface area (Å²) in [4.78, 5) is 24.7. The number of anilines is 2. The Morgan fingerprint density at radius 1 is 1.22 bits per heavy atom. The largest absolute Gasteiger partial charge is 0.416 e. The molecule has 3 rings (SSSR count). The van der Waals surface area contributed by atoms with Crippen LogP contribution in [-0.4, -0.2) is 31.2 Å². The Labute approximate surface area is 186 Å². The van der Waals surface area contributed by atoms with Gasteiger partial charge in [-0.25, -0.2) is 8.42 Å². The maximum atomic E-state index is 13.1. The number of thiazole rings is 1. The summed E-state index contributed by atoms with van der Waals surface area (Å²) in [6.07, 6.45) is -3.86. The van der Waals surface area contributed by atoms with Gasteiger partial charge >= 0.3 is 11.0 Å². The standard InChI is InChI=1S/C20H20F3N3O4S2/c1-4-25-16-9-8-14(11-17(16)31-19(25)28)24-18(27)12(2)26(32(3,29)30)15-7-5-6-13(10-15)20(21,22)23/h5-12H,4H2,1-3H3,(H,24,27)/t12-/m0/s1. The summed E-state index contributed by atoms with van der Waals surface area (Å²) < 4.78 is 66.9. The van der Waals surface area contributed by atoms with Crippen LogP contribution in [0.2, 0.25) is 0 Å². The van der Waals surface area contributed by atoms with Crippen molar-refractivity contribution in [1.82, 2.24) is 4.57 Å². The van der Waals surface area contributed by atoms with E-state index in [1.54, 1.807) is 22.8 Å². The average Bonchev–Trinajstić information content (AvgIpc) is 3.00. The van der Waals surface area contributed by atoms with E-state index >= 15 is 0 Å². The van der Waals surface area contributed by atoms with Crippen molar-refractivity contribution in [3.63, 3.8) is 0 Å². The van der Waals surface area contributed by atoms with Crippen molar-refractivity contribution in [2.24, 2.45) is 0 Å². The van der Waals surface area contributed by atoms with E-state index in [-0.39, 0.29) is 10.6 Å². The molecule has 0 aliphatic rings. The molecule has 1 heterocycles. The maximum Gasteiger partial charge on any atom is 0.416 e. The van der Waals surface area contributed by atoms with Gasteiger partial charge in [0.05, 0.1) is 27.7 Å². The summed E-state index contributed by atoms with van der Waals surface area (Å²) in [7, 11) is -4.09. The highest BCUT2D eigenvalue weighted by molar-refractivity contribution is 7.92. The molecule has 0 bridgehead atoms. The van der Waals surface area contributed by atoms with Crippen LogP contribution in [0, 0.1) is 0 Å². The summed E-state index contributed by atoms with van der Waals surface area (Å²) >= 11 is 1.01. The number of carbonyl (C=O) groups is 1. The van der Waals surface area contributed by atoms with E-state index in [4.69, 9.17) is 0 Å². The minimum absolute atomic E-state index is 0.146. The van der Waals surface area contributed by atoms with Crippen molar-refractivity contribution in [1.29, 1.82) is 0 Å². The topological polar surface area (TPSA) is 88.5 Å². The second kappa shape index (κ2) is 8.58. The summed E-state index contributed by atoms with van der Waals surface area (Å²) in [6, 6.07) is 7.25. The van der Waals surface area contributed by atoms with Crippen LogP contribution < -0.4 is 14.5 Å². The molecular weight excluding hydrogens is 467 g/mol. The van der Waals surface area contributed by atoms with Gasteiger partial charge in [-0.2, -0.15) is 13.2 Å². The quantitative estimate of drug-likeness (QED) is 0.571. The van der Waals surface area contributed by atoms with Crippen molar-refractivity contribution < 1.29 is 26.4 Å². The molecule has 0 saturated heterocycles. The van der Waals surface area contributed by atoms with Gasteiger partial charge in [-0.1, -0.05) is 17.4 Å². The molecule has 2 aromatic carbocycles. The van der Waals surface area contributed by atoms with Gasteiger partial charge in [0.2, 0.25) is 15.9 Å². The number of nitrogens with one attached hydrogen (secondary N) is 1. The number of amides is 1. The summed E-state index contributed by atoms with van der Waals surface area (Å²) in [5.41, 5.74) is -0.276. The number of halogens is 3. The highest BCUT2D eigenvalue weighted by Gasteiger charge is 2.34. The van der Waals surface area contributed by atoms with E-state index in [2.05, 4.69) is 5.32 Å². The number of rotatable bonds is 6. The molecule has 0 unspecified atom stereocenters. The second-order valence-electron chi connectivity index (χ2n) is 7.07. The lowest BCUT2D eigenvalue weighted by molar-refractivity contribution is -0.137. The van der Waals surface area contributed by atoms with Crippen molar-refractivity contribution >= 4 is 48.9 Å².